The van der Waals surface area contributed by atoms with Crippen molar-refractivity contribution in [1.82, 2.24) is 4.90 Å². The molecule has 0 radical (unpaired) electrons. The van der Waals surface area contributed by atoms with Crippen LogP contribution < -0.4 is 11.1 Å². The predicted octanol–water partition coefficient (Wildman–Crippen LogP) is 0.204. The molecule has 0 bridgehead atoms. The maximum Gasteiger partial charge on any atom is 0.225 e. The van der Waals surface area contributed by atoms with Gasteiger partial charge in [-0.2, -0.15) is 0 Å². The van der Waals surface area contributed by atoms with Crippen molar-refractivity contribution in [2.24, 2.45) is 5.73 Å². The summed E-state index contributed by atoms with van der Waals surface area (Å²) in [5.74, 6) is 0.313. The van der Waals surface area contributed by atoms with Gasteiger partial charge >= 0.3 is 0 Å². The third-order valence-electron chi connectivity index (χ3n) is 3.57. The summed E-state index contributed by atoms with van der Waals surface area (Å²) >= 11 is 0. The van der Waals surface area contributed by atoms with E-state index in [-0.39, 0.29) is 17.4 Å². The average molecular weight is 311 g/mol. The molecule has 1 amide bonds. The Bertz CT molecular complexity index is 570. The molecule has 21 heavy (non-hydrogen) atoms. The summed E-state index contributed by atoms with van der Waals surface area (Å²) in [6.07, 6.45) is 0.360. The lowest BCUT2D eigenvalue weighted by molar-refractivity contribution is -0.116. The van der Waals surface area contributed by atoms with Crippen molar-refractivity contribution >= 4 is 21.4 Å². The van der Waals surface area contributed by atoms with Crippen molar-refractivity contribution in [3.05, 3.63) is 29.8 Å². The van der Waals surface area contributed by atoms with Crippen LogP contribution in [-0.4, -0.2) is 50.4 Å². The first kappa shape index (κ1) is 15.9. The quantitative estimate of drug-likeness (QED) is 0.810. The number of sulfone groups is 1. The van der Waals surface area contributed by atoms with Gasteiger partial charge in [0.25, 0.3) is 0 Å². The second-order valence-corrected chi connectivity index (χ2v) is 7.50. The van der Waals surface area contributed by atoms with E-state index in [1.165, 1.54) is 0 Å². The Labute approximate surface area is 125 Å². The Kier molecular flexibility index (Phi) is 5.33. The first-order chi connectivity index (χ1) is 9.98. The number of nitrogens with one attached hydrogen (secondary N) is 1. The topological polar surface area (TPSA) is 92.5 Å². The maximum absolute atomic E-state index is 11.9. The minimum Gasteiger partial charge on any atom is -0.326 e. The normalized spacial score (nSPS) is 18.3. The first-order valence-corrected chi connectivity index (χ1v) is 8.82. The molecule has 1 aliphatic heterocycles. The smallest absolute Gasteiger partial charge is 0.225 e. The molecule has 7 heteroatoms. The van der Waals surface area contributed by atoms with Crippen molar-refractivity contribution in [2.45, 2.75) is 13.0 Å². The van der Waals surface area contributed by atoms with E-state index in [9.17, 15) is 13.2 Å². The van der Waals surface area contributed by atoms with E-state index < -0.39 is 9.84 Å². The molecule has 1 aromatic rings. The number of anilines is 1. The number of nitrogens with two attached hydrogens (primary N) is 1. The molecule has 1 aromatic carbocycles. The van der Waals surface area contributed by atoms with Gasteiger partial charge in [-0.3, -0.25) is 4.79 Å². The number of hydrogen-bond donors (Lipinski definition) is 2. The van der Waals surface area contributed by atoms with Crippen molar-refractivity contribution in [3.63, 3.8) is 0 Å². The van der Waals surface area contributed by atoms with Gasteiger partial charge in [0.2, 0.25) is 5.91 Å². The lowest BCUT2D eigenvalue weighted by Crippen LogP contribution is -2.41. The van der Waals surface area contributed by atoms with Gasteiger partial charge in [0, 0.05) is 38.3 Å². The van der Waals surface area contributed by atoms with Crippen LogP contribution in [0.2, 0.25) is 0 Å². The van der Waals surface area contributed by atoms with Gasteiger partial charge in [-0.1, -0.05) is 12.1 Å². The Balaban J connectivity index is 1.74. The molecule has 1 fully saturated rings. The monoisotopic (exact) mass is 311 g/mol. The summed E-state index contributed by atoms with van der Waals surface area (Å²) in [4.78, 5) is 13.9. The van der Waals surface area contributed by atoms with Gasteiger partial charge < -0.3 is 16.0 Å². The minimum absolute atomic E-state index is 0.0658. The number of hydrogen-bond acceptors (Lipinski definition) is 5. The zero-order chi connectivity index (χ0) is 15.3. The van der Waals surface area contributed by atoms with Gasteiger partial charge in [0.15, 0.2) is 9.84 Å². The number of carbonyl (C=O) groups excluding carboxylic acids is 1. The fraction of sp³-hybridized carbons (Fsp3) is 0.500. The lowest BCUT2D eigenvalue weighted by atomic mass is 10.2. The van der Waals surface area contributed by atoms with Crippen molar-refractivity contribution < 1.29 is 13.2 Å². The van der Waals surface area contributed by atoms with E-state index >= 15 is 0 Å². The van der Waals surface area contributed by atoms with Gasteiger partial charge in [-0.25, -0.2) is 8.42 Å². The zero-order valence-corrected chi connectivity index (χ0v) is 12.7. The van der Waals surface area contributed by atoms with Crippen LogP contribution in [0.25, 0.3) is 0 Å². The Morgan fingerprint density at radius 3 is 2.38 bits per heavy atom. The molecule has 3 N–H and O–H groups in total. The summed E-state index contributed by atoms with van der Waals surface area (Å²) in [6.45, 7) is 2.09. The molecule has 0 atom stereocenters. The van der Waals surface area contributed by atoms with Crippen LogP contribution in [0, 0.1) is 0 Å². The number of amides is 1. The molecule has 0 saturated carbocycles. The van der Waals surface area contributed by atoms with E-state index in [4.69, 9.17) is 5.73 Å². The molecule has 1 aliphatic rings. The third-order valence-corrected chi connectivity index (χ3v) is 5.17. The summed E-state index contributed by atoms with van der Waals surface area (Å²) in [5.41, 5.74) is 7.28. The number of nitrogens with zero attached hydrogens (tertiary/aromatic N) is 1. The molecule has 6 nitrogen and oxygen atoms in total. The Hall–Kier alpha value is -1.44. The molecule has 0 spiro atoms. The molecular weight excluding hydrogens is 290 g/mol. The lowest BCUT2D eigenvalue weighted by Gasteiger charge is -2.26. The maximum atomic E-state index is 11.9. The van der Waals surface area contributed by atoms with Crippen LogP contribution in [-0.2, 0) is 21.2 Å². The largest absolute Gasteiger partial charge is 0.326 e. The van der Waals surface area contributed by atoms with Gasteiger partial charge in [-0.05, 0) is 17.7 Å². The second-order valence-electron chi connectivity index (χ2n) is 5.19. The Morgan fingerprint density at radius 1 is 1.19 bits per heavy atom. The molecule has 1 saturated heterocycles. The SMILES string of the molecule is NCc1ccc(NC(=O)CCN2CCS(=O)(=O)CC2)cc1. The standard InChI is InChI=1S/C14H21N3O3S/c15-11-12-1-3-13(4-2-12)16-14(18)5-6-17-7-9-21(19,20)10-8-17/h1-4H,5-11,15H2,(H,16,18). The first-order valence-electron chi connectivity index (χ1n) is 7.00. The molecular formula is C14H21N3O3S. The van der Waals surface area contributed by atoms with E-state index in [1.54, 1.807) is 0 Å². The number of rotatable bonds is 5. The van der Waals surface area contributed by atoms with Gasteiger partial charge in [0.05, 0.1) is 11.5 Å². The summed E-state index contributed by atoms with van der Waals surface area (Å²) in [5, 5.41) is 2.82. The molecule has 0 aliphatic carbocycles. The molecule has 0 aromatic heterocycles. The number of benzene rings is 1. The highest BCUT2D eigenvalue weighted by atomic mass is 32.2. The summed E-state index contributed by atoms with van der Waals surface area (Å²) < 4.78 is 22.6. The van der Waals surface area contributed by atoms with Crippen molar-refractivity contribution in [3.8, 4) is 0 Å². The fourth-order valence-corrected chi connectivity index (χ4v) is 3.46. The molecule has 0 unspecified atom stereocenters. The van der Waals surface area contributed by atoms with Crippen LogP contribution in [0.5, 0.6) is 0 Å². The van der Waals surface area contributed by atoms with Crippen LogP contribution >= 0.6 is 0 Å². The van der Waals surface area contributed by atoms with E-state index in [0.717, 1.165) is 11.3 Å². The second kappa shape index (κ2) is 7.02. The highest BCUT2D eigenvalue weighted by Crippen LogP contribution is 2.10. The number of carbonyl (C=O) groups is 1. The highest BCUT2D eigenvalue weighted by Gasteiger charge is 2.21. The van der Waals surface area contributed by atoms with Gasteiger partial charge in [0.1, 0.15) is 0 Å². The van der Waals surface area contributed by atoms with Gasteiger partial charge in [-0.15, -0.1) is 0 Å². The van der Waals surface area contributed by atoms with Crippen LogP contribution in [0.4, 0.5) is 5.69 Å². The molecule has 2 rings (SSSR count). The fourth-order valence-electron chi connectivity index (χ4n) is 2.18. The van der Waals surface area contributed by atoms with Crippen molar-refractivity contribution in [1.29, 1.82) is 0 Å². The van der Waals surface area contributed by atoms with Crippen molar-refractivity contribution in [2.75, 3.05) is 36.5 Å². The molecule has 1 heterocycles. The minimum atomic E-state index is -2.86. The summed E-state index contributed by atoms with van der Waals surface area (Å²) in [6, 6.07) is 7.41. The summed E-state index contributed by atoms with van der Waals surface area (Å²) in [7, 11) is -2.86. The third kappa shape index (κ3) is 5.11. The average Bonchev–Trinajstić information content (AvgIpc) is 2.47. The van der Waals surface area contributed by atoms with E-state index in [2.05, 4.69) is 5.32 Å². The Morgan fingerprint density at radius 2 is 1.81 bits per heavy atom. The predicted molar refractivity (Wildman–Crippen MR) is 82.7 cm³/mol. The van der Waals surface area contributed by atoms with Crippen LogP contribution in [0.15, 0.2) is 24.3 Å². The van der Waals surface area contributed by atoms with E-state index in [1.807, 2.05) is 29.2 Å². The van der Waals surface area contributed by atoms with E-state index in [0.29, 0.717) is 32.6 Å². The highest BCUT2D eigenvalue weighted by molar-refractivity contribution is 7.91. The molecule has 116 valence electrons. The zero-order valence-electron chi connectivity index (χ0n) is 11.9. The van der Waals surface area contributed by atoms with Crippen LogP contribution in [0.3, 0.4) is 0 Å². The van der Waals surface area contributed by atoms with Crippen LogP contribution in [0.1, 0.15) is 12.0 Å².